The maximum absolute atomic E-state index is 5.53. The molecule has 0 aromatic rings. The minimum Gasteiger partial charge on any atom is -0.122 e. The second-order valence-electron chi connectivity index (χ2n) is 1.49. The van der Waals surface area contributed by atoms with Gasteiger partial charge in [-0.2, -0.15) is 0 Å². The molecule has 54 valence electrons. The van der Waals surface area contributed by atoms with Crippen LogP contribution in [-0.4, -0.2) is 23.3 Å². The molecular formula is C6H11Cl2S+. The van der Waals surface area contributed by atoms with Gasteiger partial charge < -0.3 is 0 Å². The maximum atomic E-state index is 5.53. The third kappa shape index (κ3) is 5.13. The molecule has 0 saturated carbocycles. The van der Waals surface area contributed by atoms with Gasteiger partial charge in [-0.25, -0.2) is 0 Å². The molecule has 0 amide bonds. The summed E-state index contributed by atoms with van der Waals surface area (Å²) in [6.07, 6.45) is 0. The van der Waals surface area contributed by atoms with Crippen LogP contribution < -0.4 is 0 Å². The Morgan fingerprint density at radius 1 is 1.22 bits per heavy atom. The topological polar surface area (TPSA) is 0 Å². The lowest BCUT2D eigenvalue weighted by Gasteiger charge is -1.96. The Hall–Kier alpha value is 0.670. The van der Waals surface area contributed by atoms with Crippen molar-refractivity contribution in [3.8, 4) is 0 Å². The van der Waals surface area contributed by atoms with E-state index < -0.39 is 0 Å². The fourth-order valence-electron chi connectivity index (χ4n) is 0.467. The van der Waals surface area contributed by atoms with E-state index in [0.717, 1.165) is 11.5 Å². The Morgan fingerprint density at radius 3 is 1.89 bits per heavy atom. The van der Waals surface area contributed by atoms with Crippen LogP contribution in [0.4, 0.5) is 0 Å². The molecular weight excluding hydrogens is 175 g/mol. The van der Waals surface area contributed by atoms with Crippen LogP contribution >= 0.6 is 23.2 Å². The van der Waals surface area contributed by atoms with E-state index in [9.17, 15) is 0 Å². The monoisotopic (exact) mass is 185 g/mol. The van der Waals surface area contributed by atoms with E-state index >= 15 is 0 Å². The number of hydrogen-bond donors (Lipinski definition) is 0. The van der Waals surface area contributed by atoms with Gasteiger partial charge in [-0.3, -0.25) is 0 Å². The minimum atomic E-state index is 0.269. The summed E-state index contributed by atoms with van der Waals surface area (Å²) in [4.78, 5) is 0. The summed E-state index contributed by atoms with van der Waals surface area (Å²) in [5.74, 6) is 3.48. The summed E-state index contributed by atoms with van der Waals surface area (Å²) in [6, 6.07) is 0. The first-order valence-electron chi connectivity index (χ1n) is 2.76. The molecule has 0 rings (SSSR count). The van der Waals surface area contributed by atoms with Crippen LogP contribution in [0.2, 0.25) is 0 Å². The highest BCUT2D eigenvalue weighted by Crippen LogP contribution is 1.99. The first-order chi connectivity index (χ1) is 4.35. The average molecular weight is 186 g/mol. The lowest BCUT2D eigenvalue weighted by atomic mass is 10.9. The Balaban J connectivity index is 3.29. The Labute approximate surface area is 69.6 Å². The van der Waals surface area contributed by atoms with Crippen molar-refractivity contribution in [2.75, 3.05) is 23.3 Å². The van der Waals surface area contributed by atoms with Crippen molar-refractivity contribution in [1.29, 1.82) is 0 Å². The molecule has 0 aliphatic carbocycles. The van der Waals surface area contributed by atoms with E-state index in [4.69, 9.17) is 23.2 Å². The molecule has 0 saturated heterocycles. The van der Waals surface area contributed by atoms with Gasteiger partial charge in [-0.05, 0) is 0 Å². The zero-order chi connectivity index (χ0) is 7.11. The summed E-state index contributed by atoms with van der Waals surface area (Å²) >= 11 is 11.1. The van der Waals surface area contributed by atoms with Gasteiger partial charge in [0, 0.05) is 10.9 Å². The molecule has 0 radical (unpaired) electrons. The zero-order valence-electron chi connectivity index (χ0n) is 5.28. The number of halogens is 2. The highest BCUT2D eigenvalue weighted by molar-refractivity contribution is 7.99. The van der Waals surface area contributed by atoms with Gasteiger partial charge in [-0.1, -0.05) is 6.58 Å². The molecule has 0 heterocycles. The molecule has 0 unspecified atom stereocenters. The Kier molecular flexibility index (Phi) is 7.29. The quantitative estimate of drug-likeness (QED) is 0.456. The Morgan fingerprint density at radius 2 is 1.67 bits per heavy atom. The number of hydrogen-bond acceptors (Lipinski definition) is 0. The van der Waals surface area contributed by atoms with E-state index in [2.05, 4.69) is 6.58 Å². The highest BCUT2D eigenvalue weighted by Gasteiger charge is 2.10. The second kappa shape index (κ2) is 6.79. The molecule has 0 nitrogen and oxygen atoms in total. The van der Waals surface area contributed by atoms with Crippen molar-refractivity contribution < 1.29 is 0 Å². The normalized spacial score (nSPS) is 10.1. The predicted octanol–water partition coefficient (Wildman–Crippen LogP) is 2.23. The van der Waals surface area contributed by atoms with E-state index in [0.29, 0.717) is 11.8 Å². The third-order valence-corrected chi connectivity index (χ3v) is 3.67. The van der Waals surface area contributed by atoms with E-state index in [1.165, 1.54) is 0 Å². The molecule has 9 heavy (non-hydrogen) atoms. The van der Waals surface area contributed by atoms with Gasteiger partial charge >= 0.3 is 0 Å². The van der Waals surface area contributed by atoms with Gasteiger partial charge in [0.1, 0.15) is 16.9 Å². The predicted molar refractivity (Wildman–Crippen MR) is 48.7 cm³/mol. The smallest absolute Gasteiger partial charge is 0.122 e. The first-order valence-corrected chi connectivity index (χ1v) is 5.45. The fraction of sp³-hybridized carbons (Fsp3) is 0.667. The standard InChI is InChI=1S/C6H11Cl2S/c1-2-9(5-3-7)6-4-8/h2H,1,3-6H2/q+1. The lowest BCUT2D eigenvalue weighted by molar-refractivity contribution is 1.45. The van der Waals surface area contributed by atoms with Gasteiger partial charge in [-0.15, -0.1) is 23.2 Å². The van der Waals surface area contributed by atoms with Crippen LogP contribution in [0.5, 0.6) is 0 Å². The average Bonchev–Trinajstić information content (AvgIpc) is 1.88. The molecule has 0 fully saturated rings. The largest absolute Gasteiger partial charge is 0.126 e. The minimum absolute atomic E-state index is 0.269. The summed E-state index contributed by atoms with van der Waals surface area (Å²) in [6.45, 7) is 3.69. The fourth-order valence-corrected chi connectivity index (χ4v) is 2.59. The van der Waals surface area contributed by atoms with Crippen molar-refractivity contribution in [3.63, 3.8) is 0 Å². The van der Waals surface area contributed by atoms with Crippen LogP contribution in [0.15, 0.2) is 12.0 Å². The van der Waals surface area contributed by atoms with Crippen LogP contribution in [0, 0.1) is 0 Å². The molecule has 0 N–H and O–H groups in total. The summed E-state index contributed by atoms with van der Waals surface area (Å²) in [5, 5.41) is 1.95. The van der Waals surface area contributed by atoms with Crippen molar-refractivity contribution in [3.05, 3.63) is 12.0 Å². The molecule has 3 heteroatoms. The van der Waals surface area contributed by atoms with E-state index in [-0.39, 0.29) is 10.9 Å². The molecule has 0 bridgehead atoms. The SMILES string of the molecule is C=C[S+](CCCl)CCCl. The van der Waals surface area contributed by atoms with Crippen LogP contribution in [-0.2, 0) is 10.9 Å². The Bertz CT molecular complexity index is 69.5. The molecule has 0 spiro atoms. The van der Waals surface area contributed by atoms with Gasteiger partial charge in [0.15, 0.2) is 0 Å². The van der Waals surface area contributed by atoms with Crippen LogP contribution in [0.25, 0.3) is 0 Å². The number of alkyl halides is 2. The number of rotatable bonds is 5. The van der Waals surface area contributed by atoms with Crippen LogP contribution in [0.1, 0.15) is 0 Å². The van der Waals surface area contributed by atoms with Crippen molar-refractivity contribution >= 4 is 34.1 Å². The van der Waals surface area contributed by atoms with Crippen molar-refractivity contribution in [2.24, 2.45) is 0 Å². The first kappa shape index (κ1) is 9.67. The maximum Gasteiger partial charge on any atom is 0.126 e. The third-order valence-electron chi connectivity index (χ3n) is 0.914. The van der Waals surface area contributed by atoms with Gasteiger partial charge in [0.2, 0.25) is 0 Å². The van der Waals surface area contributed by atoms with Crippen molar-refractivity contribution in [2.45, 2.75) is 0 Å². The van der Waals surface area contributed by atoms with E-state index in [1.807, 2.05) is 5.41 Å². The molecule has 0 atom stereocenters. The summed E-state index contributed by atoms with van der Waals surface area (Å²) < 4.78 is 0. The van der Waals surface area contributed by atoms with Gasteiger partial charge in [0.05, 0.1) is 11.8 Å². The van der Waals surface area contributed by atoms with Crippen LogP contribution in [0.3, 0.4) is 0 Å². The molecule has 0 aromatic heterocycles. The summed E-state index contributed by atoms with van der Waals surface area (Å²) in [5.41, 5.74) is 0. The molecule has 0 aliphatic heterocycles. The highest BCUT2D eigenvalue weighted by atomic mass is 35.5. The van der Waals surface area contributed by atoms with Gasteiger partial charge in [0.25, 0.3) is 0 Å². The molecule has 0 aromatic carbocycles. The van der Waals surface area contributed by atoms with Crippen molar-refractivity contribution in [1.82, 2.24) is 0 Å². The molecule has 0 aliphatic rings. The zero-order valence-corrected chi connectivity index (χ0v) is 7.61. The summed E-state index contributed by atoms with van der Waals surface area (Å²) in [7, 11) is 0.269. The lowest BCUT2D eigenvalue weighted by Crippen LogP contribution is -2.10. The second-order valence-corrected chi connectivity index (χ2v) is 4.47. The van der Waals surface area contributed by atoms with E-state index in [1.54, 1.807) is 0 Å².